The van der Waals surface area contributed by atoms with Gasteiger partial charge in [0.1, 0.15) is 0 Å². The molecule has 2 nitrogen and oxygen atoms in total. The molecule has 1 N–H and O–H groups in total. The van der Waals surface area contributed by atoms with Gasteiger partial charge in [-0.2, -0.15) is 0 Å². The third-order valence-corrected chi connectivity index (χ3v) is 5.41. The number of nitrogens with one attached hydrogen (secondary N) is 1. The second-order valence-electron chi connectivity index (χ2n) is 7.47. The summed E-state index contributed by atoms with van der Waals surface area (Å²) >= 11 is 0. The van der Waals surface area contributed by atoms with Crippen LogP contribution in [0.25, 0.3) is 11.1 Å². The Morgan fingerprint density at radius 3 is 1.88 bits per heavy atom. The molecule has 0 saturated heterocycles. The van der Waals surface area contributed by atoms with Gasteiger partial charge in [0.2, 0.25) is 0 Å². The van der Waals surface area contributed by atoms with Gasteiger partial charge in [-0.1, -0.05) is 68.4 Å². The molecular weight excluding hydrogens is 318 g/mol. The Morgan fingerprint density at radius 2 is 1.31 bits per heavy atom. The Labute approximate surface area is 154 Å². The number of rotatable bonds is 3. The molecule has 26 heavy (non-hydrogen) atoms. The molecule has 0 aliphatic heterocycles. The van der Waals surface area contributed by atoms with E-state index in [4.69, 9.17) is 5.41 Å². The fourth-order valence-corrected chi connectivity index (χ4v) is 3.87. The first-order valence-electron chi connectivity index (χ1n) is 8.84. The van der Waals surface area contributed by atoms with E-state index in [-0.39, 0.29) is 11.2 Å². The Kier molecular flexibility index (Phi) is 3.66. The average Bonchev–Trinajstić information content (AvgIpc) is 2.88. The summed E-state index contributed by atoms with van der Waals surface area (Å²) in [5, 5.41) is 7.93. The maximum absolute atomic E-state index is 12.8. The van der Waals surface area contributed by atoms with Gasteiger partial charge in [-0.3, -0.25) is 4.79 Å². The minimum atomic E-state index is -0.191. The summed E-state index contributed by atoms with van der Waals surface area (Å²) in [5.74, 6) is 0.0520. The number of benzene rings is 3. The predicted molar refractivity (Wildman–Crippen MR) is 106 cm³/mol. The zero-order valence-electron chi connectivity index (χ0n) is 15.3. The lowest BCUT2D eigenvalue weighted by atomic mass is 9.81. The van der Waals surface area contributed by atoms with Gasteiger partial charge in [-0.15, -0.1) is 0 Å². The van der Waals surface area contributed by atoms with Crippen LogP contribution in [0.2, 0.25) is 0 Å². The lowest BCUT2D eigenvalue weighted by molar-refractivity contribution is 0.103. The normalized spacial score (nSPS) is 13.8. The topological polar surface area (TPSA) is 40.9 Å². The average molecular weight is 339 g/mol. The monoisotopic (exact) mass is 339 g/mol. The highest BCUT2D eigenvalue weighted by Crippen LogP contribution is 2.49. The third-order valence-electron chi connectivity index (χ3n) is 5.41. The molecule has 3 aromatic rings. The molecular formula is C24H21NO. The van der Waals surface area contributed by atoms with Crippen molar-refractivity contribution in [1.29, 1.82) is 5.41 Å². The van der Waals surface area contributed by atoms with Crippen LogP contribution in [0.3, 0.4) is 0 Å². The van der Waals surface area contributed by atoms with Crippen molar-refractivity contribution in [3.05, 3.63) is 94.5 Å². The van der Waals surface area contributed by atoms with Gasteiger partial charge in [0.05, 0.1) is 0 Å². The van der Waals surface area contributed by atoms with Crippen LogP contribution in [0.5, 0.6) is 0 Å². The Morgan fingerprint density at radius 1 is 0.769 bits per heavy atom. The highest BCUT2D eigenvalue weighted by atomic mass is 16.1. The van der Waals surface area contributed by atoms with E-state index in [2.05, 4.69) is 32.0 Å². The van der Waals surface area contributed by atoms with Gasteiger partial charge in [0, 0.05) is 22.3 Å². The number of hydrogen-bond acceptors (Lipinski definition) is 2. The van der Waals surface area contributed by atoms with Crippen LogP contribution in [0.15, 0.2) is 66.7 Å². The SMILES string of the molecule is CC(=N)c1ccc2c(c1)C(C)(C)c1cc(C(=O)c3ccccc3)ccc1-2. The van der Waals surface area contributed by atoms with Crippen LogP contribution in [0.1, 0.15) is 53.4 Å². The summed E-state index contributed by atoms with van der Waals surface area (Å²) in [7, 11) is 0. The van der Waals surface area contributed by atoms with E-state index >= 15 is 0 Å². The highest BCUT2D eigenvalue weighted by Gasteiger charge is 2.36. The van der Waals surface area contributed by atoms with Gasteiger partial charge in [-0.05, 0) is 46.9 Å². The van der Waals surface area contributed by atoms with E-state index in [0.29, 0.717) is 11.3 Å². The van der Waals surface area contributed by atoms with Gasteiger partial charge in [-0.25, -0.2) is 0 Å². The van der Waals surface area contributed by atoms with E-state index in [9.17, 15) is 4.79 Å². The zero-order valence-corrected chi connectivity index (χ0v) is 15.3. The summed E-state index contributed by atoms with van der Waals surface area (Å²) in [6, 6.07) is 21.7. The molecule has 1 aliphatic carbocycles. The molecule has 0 atom stereocenters. The lowest BCUT2D eigenvalue weighted by Crippen LogP contribution is -2.16. The van der Waals surface area contributed by atoms with E-state index in [0.717, 1.165) is 11.1 Å². The number of fused-ring (bicyclic) bond motifs is 3. The summed E-state index contributed by atoms with van der Waals surface area (Å²) in [4.78, 5) is 12.8. The molecule has 1 aliphatic rings. The van der Waals surface area contributed by atoms with Gasteiger partial charge in [0.25, 0.3) is 0 Å². The molecule has 0 heterocycles. The maximum Gasteiger partial charge on any atom is 0.193 e. The fraction of sp³-hybridized carbons (Fsp3) is 0.167. The van der Waals surface area contributed by atoms with Crippen molar-refractivity contribution in [1.82, 2.24) is 0 Å². The van der Waals surface area contributed by atoms with Crippen molar-refractivity contribution < 1.29 is 4.79 Å². The second-order valence-corrected chi connectivity index (χ2v) is 7.47. The number of hydrogen-bond donors (Lipinski definition) is 1. The van der Waals surface area contributed by atoms with Gasteiger partial charge < -0.3 is 5.41 Å². The molecule has 3 aromatic carbocycles. The van der Waals surface area contributed by atoms with Crippen molar-refractivity contribution in [3.63, 3.8) is 0 Å². The van der Waals surface area contributed by atoms with E-state index in [1.165, 1.54) is 22.3 Å². The third kappa shape index (κ3) is 2.41. The zero-order chi connectivity index (χ0) is 18.5. The highest BCUT2D eigenvalue weighted by molar-refractivity contribution is 6.09. The lowest BCUT2D eigenvalue weighted by Gasteiger charge is -2.22. The van der Waals surface area contributed by atoms with Crippen molar-refractivity contribution in [3.8, 4) is 11.1 Å². The minimum absolute atomic E-state index is 0.0520. The van der Waals surface area contributed by atoms with Crippen molar-refractivity contribution >= 4 is 11.5 Å². The summed E-state index contributed by atoms with van der Waals surface area (Å²) in [6.07, 6.45) is 0. The van der Waals surface area contributed by atoms with Gasteiger partial charge >= 0.3 is 0 Å². The Balaban J connectivity index is 1.83. The van der Waals surface area contributed by atoms with Crippen molar-refractivity contribution in [2.75, 3.05) is 0 Å². The van der Waals surface area contributed by atoms with Crippen molar-refractivity contribution in [2.24, 2.45) is 0 Å². The quantitative estimate of drug-likeness (QED) is 0.489. The standard InChI is InChI=1S/C24H21NO/c1-15(25)17-9-11-19-20-12-10-18(23(26)16-7-5-4-6-8-16)14-22(20)24(2,3)21(19)13-17/h4-14,25H,1-3H3. The molecule has 0 aromatic heterocycles. The first-order chi connectivity index (χ1) is 12.4. The minimum Gasteiger partial charge on any atom is -0.305 e. The molecule has 0 amide bonds. The van der Waals surface area contributed by atoms with E-state index < -0.39 is 0 Å². The fourth-order valence-electron chi connectivity index (χ4n) is 3.87. The molecule has 0 fully saturated rings. The number of ketones is 1. The van der Waals surface area contributed by atoms with Crippen LogP contribution in [-0.4, -0.2) is 11.5 Å². The largest absolute Gasteiger partial charge is 0.305 e. The smallest absolute Gasteiger partial charge is 0.193 e. The predicted octanol–water partition coefficient (Wildman–Crippen LogP) is 5.61. The summed E-state index contributed by atoms with van der Waals surface area (Å²) in [5.41, 5.74) is 7.54. The first kappa shape index (κ1) is 16.5. The molecule has 128 valence electrons. The molecule has 2 heteroatoms. The molecule has 0 radical (unpaired) electrons. The van der Waals surface area contributed by atoms with Crippen LogP contribution in [0, 0.1) is 5.41 Å². The molecule has 0 unspecified atom stereocenters. The Hall–Kier alpha value is -3.00. The van der Waals surface area contributed by atoms with Crippen molar-refractivity contribution in [2.45, 2.75) is 26.2 Å². The maximum atomic E-state index is 12.8. The second kappa shape index (κ2) is 5.77. The summed E-state index contributed by atoms with van der Waals surface area (Å²) in [6.45, 7) is 6.20. The number of carbonyl (C=O) groups is 1. The molecule has 0 bridgehead atoms. The first-order valence-corrected chi connectivity index (χ1v) is 8.84. The van der Waals surface area contributed by atoms with Gasteiger partial charge in [0.15, 0.2) is 5.78 Å². The van der Waals surface area contributed by atoms with Crippen LogP contribution >= 0.6 is 0 Å². The van der Waals surface area contributed by atoms with Crippen LogP contribution in [0.4, 0.5) is 0 Å². The Bertz CT molecular complexity index is 1050. The van der Waals surface area contributed by atoms with Crippen LogP contribution < -0.4 is 0 Å². The molecule has 0 spiro atoms. The van der Waals surface area contributed by atoms with E-state index in [1.807, 2.05) is 55.5 Å². The van der Waals surface area contributed by atoms with Crippen LogP contribution in [-0.2, 0) is 5.41 Å². The summed E-state index contributed by atoms with van der Waals surface area (Å²) < 4.78 is 0. The molecule has 4 rings (SSSR count). The number of carbonyl (C=O) groups excluding carboxylic acids is 1. The van der Waals surface area contributed by atoms with E-state index in [1.54, 1.807) is 0 Å². The molecule has 0 saturated carbocycles.